The Morgan fingerprint density at radius 3 is 2.50 bits per heavy atom. The molecular formula is C18H16Cl2FN7O4. The minimum absolute atomic E-state index is 0.00000299. The number of nitrogens with zero attached hydrogens (tertiary/aromatic N) is 5. The highest BCUT2D eigenvalue weighted by molar-refractivity contribution is 6.47. The highest BCUT2D eigenvalue weighted by Crippen LogP contribution is 2.39. The second-order valence-corrected chi connectivity index (χ2v) is 6.75. The molecule has 0 radical (unpaired) electrons. The molecule has 2 rings (SSSR count). The average Bonchev–Trinajstić information content (AvgIpc) is 2.72. The molecule has 0 aliphatic rings. The highest BCUT2D eigenvalue weighted by Gasteiger charge is 2.19. The van der Waals surface area contributed by atoms with Crippen LogP contribution in [0, 0.1) is 17.1 Å². The minimum Gasteiger partial charge on any atom is -0.450 e. The first kappa shape index (κ1) is 24.6. The molecule has 0 spiro atoms. The van der Waals surface area contributed by atoms with Gasteiger partial charge in [-0.3, -0.25) is 15.5 Å². The van der Waals surface area contributed by atoms with Crippen molar-refractivity contribution < 1.29 is 23.5 Å². The van der Waals surface area contributed by atoms with Gasteiger partial charge in [-0.1, -0.05) is 23.2 Å². The van der Waals surface area contributed by atoms with Crippen LogP contribution in [0.5, 0.6) is 11.6 Å². The van der Waals surface area contributed by atoms with Crippen molar-refractivity contribution in [2.75, 3.05) is 31.0 Å². The number of benzene rings is 1. The molecule has 168 valence electrons. The molecule has 0 aliphatic heterocycles. The standard InChI is InChI=1S/C18H16Cl2FN7O4/c1-4-31-18(30)25-16(29)12(7-22)27-26-9-5-10(19)14(11(20)6-9)32-17-13(21)15(28(2)3)23-8-24-17/h5-6,8,26H,4H2,1-3H3,(H,25,29,30)/b27-12+. The zero-order valence-electron chi connectivity index (χ0n) is 16.9. The summed E-state index contributed by atoms with van der Waals surface area (Å²) in [6.07, 6.45) is 0.0905. The number of rotatable bonds is 7. The predicted octanol–water partition coefficient (Wildman–Crippen LogP) is 3.34. The van der Waals surface area contributed by atoms with Crippen LogP contribution >= 0.6 is 23.2 Å². The lowest BCUT2D eigenvalue weighted by Crippen LogP contribution is -2.36. The maximum Gasteiger partial charge on any atom is 0.414 e. The van der Waals surface area contributed by atoms with Gasteiger partial charge in [-0.25, -0.2) is 9.78 Å². The molecule has 0 atom stereocenters. The highest BCUT2D eigenvalue weighted by atomic mass is 35.5. The summed E-state index contributed by atoms with van der Waals surface area (Å²) >= 11 is 12.3. The Hall–Kier alpha value is -3.69. The van der Waals surface area contributed by atoms with Gasteiger partial charge in [0.05, 0.1) is 22.3 Å². The van der Waals surface area contributed by atoms with Crippen molar-refractivity contribution in [3.63, 3.8) is 0 Å². The lowest BCUT2D eigenvalue weighted by atomic mass is 10.3. The number of anilines is 2. The summed E-state index contributed by atoms with van der Waals surface area (Å²) in [5, 5.41) is 14.4. The fourth-order valence-corrected chi connectivity index (χ4v) is 2.68. The van der Waals surface area contributed by atoms with E-state index >= 15 is 0 Å². The van der Waals surface area contributed by atoms with E-state index in [9.17, 15) is 14.0 Å². The van der Waals surface area contributed by atoms with Gasteiger partial charge in [0, 0.05) is 14.1 Å². The van der Waals surface area contributed by atoms with E-state index in [1.165, 1.54) is 23.1 Å². The van der Waals surface area contributed by atoms with E-state index in [1.807, 2.05) is 5.32 Å². The van der Waals surface area contributed by atoms with Gasteiger partial charge in [-0.05, 0) is 19.1 Å². The molecule has 2 N–H and O–H groups in total. The first-order valence-corrected chi connectivity index (χ1v) is 9.50. The SMILES string of the molecule is CCOC(=O)NC(=O)/C(C#N)=N/Nc1cc(Cl)c(Oc2ncnc(N(C)C)c2F)c(Cl)c1. The fraction of sp³-hybridized carbons (Fsp3) is 0.222. The van der Waals surface area contributed by atoms with Gasteiger partial charge in [0.25, 0.3) is 11.8 Å². The minimum atomic E-state index is -1.08. The van der Waals surface area contributed by atoms with Crippen molar-refractivity contribution in [2.45, 2.75) is 6.92 Å². The van der Waals surface area contributed by atoms with Crippen molar-refractivity contribution in [1.82, 2.24) is 15.3 Å². The van der Waals surface area contributed by atoms with Crippen LogP contribution in [0.2, 0.25) is 10.0 Å². The molecule has 14 heteroatoms. The largest absolute Gasteiger partial charge is 0.450 e. The van der Waals surface area contributed by atoms with Crippen molar-refractivity contribution >= 4 is 52.4 Å². The molecule has 0 saturated heterocycles. The Bertz CT molecular complexity index is 1080. The van der Waals surface area contributed by atoms with Crippen LogP contribution in [-0.4, -0.2) is 48.4 Å². The van der Waals surface area contributed by atoms with Crippen LogP contribution in [0.25, 0.3) is 0 Å². The molecule has 1 aromatic heterocycles. The van der Waals surface area contributed by atoms with Gasteiger partial charge in [-0.2, -0.15) is 19.7 Å². The quantitative estimate of drug-likeness (QED) is 0.447. The predicted molar refractivity (Wildman–Crippen MR) is 115 cm³/mol. The zero-order chi connectivity index (χ0) is 23.8. The molecule has 1 aromatic carbocycles. The van der Waals surface area contributed by atoms with E-state index in [2.05, 4.69) is 25.2 Å². The number of carbonyl (C=O) groups is 2. The molecule has 0 fully saturated rings. The third-order valence-electron chi connectivity index (χ3n) is 3.47. The average molecular weight is 484 g/mol. The van der Waals surface area contributed by atoms with E-state index in [0.29, 0.717) is 0 Å². The van der Waals surface area contributed by atoms with Gasteiger partial charge < -0.3 is 14.4 Å². The molecule has 2 aromatic rings. The summed E-state index contributed by atoms with van der Waals surface area (Å²) in [5.74, 6) is -2.38. The Labute approximate surface area is 191 Å². The number of halogens is 3. The summed E-state index contributed by atoms with van der Waals surface area (Å²) in [6, 6.07) is 4.13. The maximum atomic E-state index is 14.5. The summed E-state index contributed by atoms with van der Waals surface area (Å²) in [7, 11) is 3.19. The van der Waals surface area contributed by atoms with Crippen LogP contribution in [-0.2, 0) is 9.53 Å². The summed E-state index contributed by atoms with van der Waals surface area (Å²) in [6.45, 7) is 1.59. The number of nitriles is 1. The number of hydrogen-bond donors (Lipinski definition) is 2. The van der Waals surface area contributed by atoms with Crippen LogP contribution < -0.4 is 20.4 Å². The van der Waals surface area contributed by atoms with Crippen molar-refractivity contribution in [3.8, 4) is 17.7 Å². The monoisotopic (exact) mass is 483 g/mol. The topological polar surface area (TPSA) is 142 Å². The Morgan fingerprint density at radius 1 is 1.28 bits per heavy atom. The number of alkyl carbamates (subject to hydrolysis) is 1. The van der Waals surface area contributed by atoms with Crippen molar-refractivity contribution in [1.29, 1.82) is 5.26 Å². The second-order valence-electron chi connectivity index (χ2n) is 5.94. The summed E-state index contributed by atoms with van der Waals surface area (Å²) in [5.41, 5.74) is 1.92. The van der Waals surface area contributed by atoms with E-state index < -0.39 is 29.4 Å². The number of hydrazone groups is 1. The Kier molecular flexibility index (Phi) is 8.51. The van der Waals surface area contributed by atoms with E-state index in [4.69, 9.17) is 33.2 Å². The van der Waals surface area contributed by atoms with Crippen LogP contribution in [0.15, 0.2) is 23.6 Å². The van der Waals surface area contributed by atoms with Gasteiger partial charge >= 0.3 is 6.09 Å². The number of imide groups is 1. The lowest BCUT2D eigenvalue weighted by Gasteiger charge is -2.15. The maximum absolute atomic E-state index is 14.5. The third-order valence-corrected chi connectivity index (χ3v) is 4.03. The van der Waals surface area contributed by atoms with Gasteiger partial charge in [0.15, 0.2) is 11.6 Å². The number of hydrogen-bond acceptors (Lipinski definition) is 10. The number of ether oxygens (including phenoxy) is 2. The first-order chi connectivity index (χ1) is 15.2. The number of nitrogens with one attached hydrogen (secondary N) is 2. The van der Waals surface area contributed by atoms with Crippen molar-refractivity contribution in [2.24, 2.45) is 5.10 Å². The molecule has 11 nitrogen and oxygen atoms in total. The third kappa shape index (κ3) is 6.16. The molecular weight excluding hydrogens is 468 g/mol. The van der Waals surface area contributed by atoms with E-state index in [0.717, 1.165) is 6.33 Å². The molecule has 0 bridgehead atoms. The second kappa shape index (κ2) is 11.1. The molecule has 32 heavy (non-hydrogen) atoms. The van der Waals surface area contributed by atoms with Gasteiger partial charge in [-0.15, -0.1) is 0 Å². The Morgan fingerprint density at radius 2 is 1.94 bits per heavy atom. The van der Waals surface area contributed by atoms with Gasteiger partial charge in [0.1, 0.15) is 12.4 Å². The molecule has 0 saturated carbocycles. The lowest BCUT2D eigenvalue weighted by molar-refractivity contribution is -0.114. The van der Waals surface area contributed by atoms with Gasteiger partial charge in [0.2, 0.25) is 11.5 Å². The smallest absolute Gasteiger partial charge is 0.414 e. The zero-order valence-corrected chi connectivity index (χ0v) is 18.5. The molecule has 0 aliphatic carbocycles. The van der Waals surface area contributed by atoms with E-state index in [1.54, 1.807) is 21.0 Å². The van der Waals surface area contributed by atoms with Crippen LogP contribution in [0.3, 0.4) is 0 Å². The Balaban J connectivity index is 2.22. The number of amides is 2. The molecule has 2 amide bonds. The molecule has 0 unspecified atom stereocenters. The number of carbonyl (C=O) groups excluding carboxylic acids is 2. The van der Waals surface area contributed by atoms with Crippen LogP contribution in [0.1, 0.15) is 6.92 Å². The normalized spacial score (nSPS) is 10.7. The summed E-state index contributed by atoms with van der Waals surface area (Å²) in [4.78, 5) is 32.1. The first-order valence-electron chi connectivity index (χ1n) is 8.74. The number of aromatic nitrogens is 2. The van der Waals surface area contributed by atoms with Crippen molar-refractivity contribution in [3.05, 3.63) is 34.3 Å². The summed E-state index contributed by atoms with van der Waals surface area (Å²) < 4.78 is 24.5. The molecule has 1 heterocycles. The van der Waals surface area contributed by atoms with E-state index in [-0.39, 0.29) is 33.9 Å². The van der Waals surface area contributed by atoms with Crippen LogP contribution in [0.4, 0.5) is 20.7 Å². The fourth-order valence-electron chi connectivity index (χ4n) is 2.11.